The van der Waals surface area contributed by atoms with Crippen molar-refractivity contribution in [3.8, 4) is 0 Å². The molecule has 0 unspecified atom stereocenters. The van der Waals surface area contributed by atoms with Gasteiger partial charge in [0.05, 0.1) is 16.1 Å². The monoisotopic (exact) mass is 695 g/mol. The number of amides is 2. The molecule has 1 N–H and O–H groups in total. The zero-order valence-electron chi connectivity index (χ0n) is 26.7. The highest BCUT2D eigenvalue weighted by molar-refractivity contribution is 7.92. The Kier molecular flexibility index (Phi) is 11.4. The SMILES string of the molecule is O=C(NC1CCCCC1)[C@H](Cc1ccccc1)N(Cc1ccccc1F)C(=O)CN(c1cccc(C(F)(F)F)c1)S(=O)(=O)c1ccccc1. The Balaban J connectivity index is 1.59. The summed E-state index contributed by atoms with van der Waals surface area (Å²) in [6, 6.07) is 24.0. The number of carbonyl (C=O) groups excluding carboxylic acids is 2. The van der Waals surface area contributed by atoms with Gasteiger partial charge in [0, 0.05) is 24.6 Å². The van der Waals surface area contributed by atoms with Crippen LogP contribution in [0.1, 0.15) is 48.8 Å². The van der Waals surface area contributed by atoms with Gasteiger partial charge in [-0.05, 0) is 54.8 Å². The van der Waals surface area contributed by atoms with Crippen molar-refractivity contribution in [2.75, 3.05) is 10.8 Å². The van der Waals surface area contributed by atoms with Gasteiger partial charge in [-0.15, -0.1) is 0 Å². The van der Waals surface area contributed by atoms with Crippen LogP contribution in [0.25, 0.3) is 0 Å². The summed E-state index contributed by atoms with van der Waals surface area (Å²) in [5.74, 6) is -2.03. The van der Waals surface area contributed by atoms with E-state index in [0.717, 1.165) is 49.1 Å². The fourth-order valence-corrected chi connectivity index (χ4v) is 7.42. The summed E-state index contributed by atoms with van der Waals surface area (Å²) in [6.07, 6.45) is -0.372. The zero-order valence-corrected chi connectivity index (χ0v) is 27.5. The van der Waals surface area contributed by atoms with Crippen molar-refractivity contribution < 1.29 is 35.6 Å². The van der Waals surface area contributed by atoms with Gasteiger partial charge in [0.1, 0.15) is 18.4 Å². The van der Waals surface area contributed by atoms with Gasteiger partial charge >= 0.3 is 6.18 Å². The molecule has 7 nitrogen and oxygen atoms in total. The Labute approximate surface area is 283 Å². The number of sulfonamides is 1. The van der Waals surface area contributed by atoms with Crippen molar-refractivity contribution in [1.82, 2.24) is 10.2 Å². The number of carbonyl (C=O) groups is 2. The lowest BCUT2D eigenvalue weighted by atomic mass is 9.94. The van der Waals surface area contributed by atoms with Gasteiger partial charge in [-0.25, -0.2) is 12.8 Å². The lowest BCUT2D eigenvalue weighted by Crippen LogP contribution is -2.55. The molecule has 258 valence electrons. The quantitative estimate of drug-likeness (QED) is 0.160. The van der Waals surface area contributed by atoms with Crippen molar-refractivity contribution in [2.45, 2.75) is 68.2 Å². The highest BCUT2D eigenvalue weighted by Crippen LogP contribution is 2.33. The number of hydrogen-bond acceptors (Lipinski definition) is 4. The lowest BCUT2D eigenvalue weighted by Gasteiger charge is -2.35. The Hall–Kier alpha value is -4.71. The standard InChI is InChI=1S/C37H37F4N3O4S/c38-33-22-11-10-15-28(33)25-43(34(23-27-13-4-1-5-14-27)36(46)42-30-17-6-2-7-18-30)35(45)26-44(49(47,48)32-20-8-3-9-21-32)31-19-12-16-29(24-31)37(39,40)41/h1,3-5,8-16,19-22,24,30,34H,2,6-7,17-18,23,25-26H2,(H,42,46)/t34-/m0/s1. The van der Waals surface area contributed by atoms with Crippen molar-refractivity contribution in [2.24, 2.45) is 0 Å². The Morgan fingerprint density at radius 3 is 2.10 bits per heavy atom. The van der Waals surface area contributed by atoms with Crippen LogP contribution in [0.4, 0.5) is 23.2 Å². The molecular formula is C37H37F4N3O4S. The third kappa shape index (κ3) is 9.05. The predicted octanol–water partition coefficient (Wildman–Crippen LogP) is 7.13. The van der Waals surface area contributed by atoms with E-state index in [-0.39, 0.29) is 22.9 Å². The number of halogens is 4. The van der Waals surface area contributed by atoms with Gasteiger partial charge in [-0.3, -0.25) is 13.9 Å². The molecule has 1 aliphatic carbocycles. The first-order valence-corrected chi connectivity index (χ1v) is 17.5. The van der Waals surface area contributed by atoms with Gasteiger partial charge < -0.3 is 10.2 Å². The molecule has 5 rings (SSSR count). The van der Waals surface area contributed by atoms with Crippen molar-refractivity contribution in [3.05, 3.63) is 132 Å². The molecule has 0 aliphatic heterocycles. The zero-order chi connectivity index (χ0) is 35.0. The molecule has 0 radical (unpaired) electrons. The van der Waals surface area contributed by atoms with Gasteiger partial charge in [0.15, 0.2) is 0 Å². The molecular weight excluding hydrogens is 658 g/mol. The highest BCUT2D eigenvalue weighted by atomic mass is 32.2. The Bertz CT molecular complexity index is 1830. The largest absolute Gasteiger partial charge is 0.416 e. The molecule has 2 amide bonds. The van der Waals surface area contributed by atoms with Crippen LogP contribution in [-0.4, -0.2) is 43.8 Å². The number of hydrogen-bond donors (Lipinski definition) is 1. The van der Waals surface area contributed by atoms with Crippen molar-refractivity contribution in [3.63, 3.8) is 0 Å². The molecule has 1 fully saturated rings. The highest BCUT2D eigenvalue weighted by Gasteiger charge is 2.37. The van der Waals surface area contributed by atoms with Gasteiger partial charge in [0.2, 0.25) is 11.8 Å². The molecule has 1 atom stereocenters. The summed E-state index contributed by atoms with van der Waals surface area (Å²) in [7, 11) is -4.61. The number of rotatable bonds is 12. The van der Waals surface area contributed by atoms with Gasteiger partial charge in [-0.1, -0.05) is 92.1 Å². The third-order valence-corrected chi connectivity index (χ3v) is 10.4. The summed E-state index contributed by atoms with van der Waals surface area (Å²) in [6.45, 7) is -1.36. The van der Waals surface area contributed by atoms with E-state index in [4.69, 9.17) is 0 Å². The van der Waals surface area contributed by atoms with E-state index in [2.05, 4.69) is 5.32 Å². The number of nitrogens with zero attached hydrogens (tertiary/aromatic N) is 2. The topological polar surface area (TPSA) is 86.8 Å². The smallest absolute Gasteiger partial charge is 0.352 e. The minimum absolute atomic E-state index is 0.0224. The Morgan fingerprint density at radius 2 is 1.45 bits per heavy atom. The predicted molar refractivity (Wildman–Crippen MR) is 178 cm³/mol. The molecule has 4 aromatic rings. The van der Waals surface area contributed by atoms with E-state index in [0.29, 0.717) is 15.9 Å². The van der Waals surface area contributed by atoms with E-state index in [1.165, 1.54) is 48.5 Å². The van der Waals surface area contributed by atoms with Crippen LogP contribution in [0.5, 0.6) is 0 Å². The van der Waals surface area contributed by atoms with E-state index in [1.54, 1.807) is 42.5 Å². The summed E-state index contributed by atoms with van der Waals surface area (Å²) in [5.41, 5.74) is -0.730. The minimum Gasteiger partial charge on any atom is -0.352 e. The second-order valence-electron chi connectivity index (χ2n) is 12.0. The fraction of sp³-hybridized carbons (Fsp3) is 0.297. The van der Waals surface area contributed by atoms with Crippen molar-refractivity contribution >= 4 is 27.5 Å². The summed E-state index contributed by atoms with van der Waals surface area (Å²) in [4.78, 5) is 29.5. The third-order valence-electron chi connectivity index (χ3n) is 8.59. The molecule has 0 spiro atoms. The van der Waals surface area contributed by atoms with E-state index >= 15 is 4.39 Å². The molecule has 1 saturated carbocycles. The van der Waals surface area contributed by atoms with Crippen LogP contribution in [0.2, 0.25) is 0 Å². The van der Waals surface area contributed by atoms with E-state index in [1.807, 2.05) is 0 Å². The van der Waals surface area contributed by atoms with Crippen LogP contribution in [0.3, 0.4) is 0 Å². The molecule has 1 aliphatic rings. The second kappa shape index (κ2) is 15.7. The van der Waals surface area contributed by atoms with Crippen LogP contribution in [0, 0.1) is 5.82 Å². The van der Waals surface area contributed by atoms with Crippen LogP contribution >= 0.6 is 0 Å². The average molecular weight is 696 g/mol. The van der Waals surface area contributed by atoms with Crippen LogP contribution in [-0.2, 0) is 38.8 Å². The minimum atomic E-state index is -4.79. The molecule has 0 bridgehead atoms. The first-order valence-electron chi connectivity index (χ1n) is 16.1. The molecule has 0 saturated heterocycles. The number of benzene rings is 4. The van der Waals surface area contributed by atoms with E-state index in [9.17, 15) is 31.2 Å². The van der Waals surface area contributed by atoms with Crippen LogP contribution in [0.15, 0.2) is 114 Å². The summed E-state index contributed by atoms with van der Waals surface area (Å²) in [5, 5.41) is 3.06. The maximum absolute atomic E-state index is 15.1. The number of nitrogens with one attached hydrogen (secondary N) is 1. The molecule has 12 heteroatoms. The van der Waals surface area contributed by atoms with Gasteiger partial charge in [-0.2, -0.15) is 13.2 Å². The maximum Gasteiger partial charge on any atom is 0.416 e. The average Bonchev–Trinajstić information content (AvgIpc) is 3.10. The van der Waals surface area contributed by atoms with Crippen molar-refractivity contribution in [1.29, 1.82) is 0 Å². The molecule has 4 aromatic carbocycles. The second-order valence-corrected chi connectivity index (χ2v) is 13.9. The first-order chi connectivity index (χ1) is 23.4. The number of alkyl halides is 3. The molecule has 0 heterocycles. The Morgan fingerprint density at radius 1 is 0.816 bits per heavy atom. The normalized spacial score (nSPS) is 14.5. The number of anilines is 1. The molecule has 49 heavy (non-hydrogen) atoms. The first kappa shape index (κ1) is 35.6. The van der Waals surface area contributed by atoms with E-state index < -0.39 is 64.2 Å². The van der Waals surface area contributed by atoms with Crippen LogP contribution < -0.4 is 9.62 Å². The molecule has 0 aromatic heterocycles. The maximum atomic E-state index is 15.1. The van der Waals surface area contributed by atoms with Gasteiger partial charge in [0.25, 0.3) is 10.0 Å². The summed E-state index contributed by atoms with van der Waals surface area (Å²) >= 11 is 0. The fourth-order valence-electron chi connectivity index (χ4n) is 5.99. The lowest BCUT2D eigenvalue weighted by molar-refractivity contribution is -0.140. The summed E-state index contributed by atoms with van der Waals surface area (Å²) < 4.78 is 85.2.